The first-order valence-electron chi connectivity index (χ1n) is 6.01. The highest BCUT2D eigenvalue weighted by Crippen LogP contribution is 2.21. The van der Waals surface area contributed by atoms with Gasteiger partial charge in [-0.25, -0.2) is 8.78 Å². The molecule has 0 bridgehead atoms. The van der Waals surface area contributed by atoms with Gasteiger partial charge in [0.2, 0.25) is 0 Å². The standard InChI is InChI=1S/C13H16F2N2O/c14-12(15)9-3-1-4-10(7-9)13(18)17-6-2-5-11(16)8-17/h1,3-4,7,11-12H,2,5-6,8,16H2/t11-/m1/s1. The van der Waals surface area contributed by atoms with E-state index in [1.165, 1.54) is 18.2 Å². The van der Waals surface area contributed by atoms with Crippen molar-refractivity contribution >= 4 is 5.91 Å². The van der Waals surface area contributed by atoms with Gasteiger partial charge in [0.15, 0.2) is 0 Å². The van der Waals surface area contributed by atoms with Crippen LogP contribution in [0, 0.1) is 0 Å². The van der Waals surface area contributed by atoms with Crippen molar-refractivity contribution in [2.24, 2.45) is 5.73 Å². The van der Waals surface area contributed by atoms with Crippen molar-refractivity contribution in [3.05, 3.63) is 35.4 Å². The number of piperidine rings is 1. The van der Waals surface area contributed by atoms with Crippen LogP contribution in [0.4, 0.5) is 8.78 Å². The fraction of sp³-hybridized carbons (Fsp3) is 0.462. The minimum absolute atomic E-state index is 0.0130. The van der Waals surface area contributed by atoms with Gasteiger partial charge >= 0.3 is 0 Å². The number of hydrogen-bond acceptors (Lipinski definition) is 2. The van der Waals surface area contributed by atoms with E-state index in [0.717, 1.165) is 12.8 Å². The Morgan fingerprint density at radius 3 is 2.89 bits per heavy atom. The van der Waals surface area contributed by atoms with E-state index < -0.39 is 6.43 Å². The molecule has 0 aliphatic carbocycles. The largest absolute Gasteiger partial charge is 0.337 e. The molecule has 0 spiro atoms. The molecule has 1 aromatic rings. The summed E-state index contributed by atoms with van der Waals surface area (Å²) in [6.45, 7) is 1.14. The molecule has 3 nitrogen and oxygen atoms in total. The Balaban J connectivity index is 2.15. The average Bonchev–Trinajstić information content (AvgIpc) is 2.38. The summed E-state index contributed by atoms with van der Waals surface area (Å²) < 4.78 is 25.1. The number of amides is 1. The zero-order valence-corrected chi connectivity index (χ0v) is 9.98. The monoisotopic (exact) mass is 254 g/mol. The zero-order valence-electron chi connectivity index (χ0n) is 9.98. The highest BCUT2D eigenvalue weighted by Gasteiger charge is 2.22. The topological polar surface area (TPSA) is 46.3 Å². The van der Waals surface area contributed by atoms with E-state index >= 15 is 0 Å². The molecule has 1 saturated heterocycles. The first-order chi connectivity index (χ1) is 8.58. The summed E-state index contributed by atoms with van der Waals surface area (Å²) >= 11 is 0. The third kappa shape index (κ3) is 2.85. The molecule has 0 radical (unpaired) electrons. The predicted molar refractivity (Wildman–Crippen MR) is 64.5 cm³/mol. The predicted octanol–water partition coefficient (Wildman–Crippen LogP) is 2.19. The summed E-state index contributed by atoms with van der Waals surface area (Å²) in [6, 6.07) is 5.62. The van der Waals surface area contributed by atoms with E-state index in [9.17, 15) is 13.6 Å². The van der Waals surface area contributed by atoms with Gasteiger partial charge in [-0.15, -0.1) is 0 Å². The van der Waals surface area contributed by atoms with Crippen LogP contribution in [0.5, 0.6) is 0 Å². The second-order valence-corrected chi connectivity index (χ2v) is 4.58. The summed E-state index contributed by atoms with van der Waals surface area (Å²) in [6.07, 6.45) is -0.788. The number of alkyl halides is 2. The summed E-state index contributed by atoms with van der Waals surface area (Å²) in [4.78, 5) is 13.8. The van der Waals surface area contributed by atoms with Gasteiger partial charge < -0.3 is 10.6 Å². The second-order valence-electron chi connectivity index (χ2n) is 4.58. The lowest BCUT2D eigenvalue weighted by atomic mass is 10.0. The van der Waals surface area contributed by atoms with Gasteiger partial charge in [-0.1, -0.05) is 12.1 Å². The number of carbonyl (C=O) groups excluding carboxylic acids is 1. The second kappa shape index (κ2) is 5.44. The fourth-order valence-electron chi connectivity index (χ4n) is 2.18. The van der Waals surface area contributed by atoms with Gasteiger partial charge in [0.25, 0.3) is 12.3 Å². The molecule has 98 valence electrons. The molecule has 2 rings (SSSR count). The van der Waals surface area contributed by atoms with E-state index in [-0.39, 0.29) is 17.5 Å². The Morgan fingerprint density at radius 1 is 1.44 bits per heavy atom. The number of nitrogens with zero attached hydrogens (tertiary/aromatic N) is 1. The molecule has 18 heavy (non-hydrogen) atoms. The van der Waals surface area contributed by atoms with Crippen LogP contribution in [0.15, 0.2) is 24.3 Å². The maximum Gasteiger partial charge on any atom is 0.263 e. The van der Waals surface area contributed by atoms with Gasteiger partial charge in [-0.2, -0.15) is 0 Å². The highest BCUT2D eigenvalue weighted by molar-refractivity contribution is 5.94. The third-order valence-electron chi connectivity index (χ3n) is 3.13. The van der Waals surface area contributed by atoms with Gasteiger partial charge in [0, 0.05) is 30.3 Å². The average molecular weight is 254 g/mol. The Morgan fingerprint density at radius 2 is 2.22 bits per heavy atom. The number of rotatable bonds is 2. The Labute approximate surface area is 105 Å². The molecule has 1 atom stereocenters. The van der Waals surface area contributed by atoms with E-state index in [1.54, 1.807) is 11.0 Å². The number of nitrogens with two attached hydrogens (primary N) is 1. The normalized spacial score (nSPS) is 20.2. The molecular formula is C13H16F2N2O. The Kier molecular flexibility index (Phi) is 3.91. The first-order valence-corrected chi connectivity index (χ1v) is 6.01. The molecule has 1 heterocycles. The zero-order chi connectivity index (χ0) is 13.1. The van der Waals surface area contributed by atoms with Gasteiger partial charge in [-0.3, -0.25) is 4.79 Å². The molecule has 1 amide bonds. The molecule has 1 aliphatic rings. The molecule has 2 N–H and O–H groups in total. The van der Waals surface area contributed by atoms with Crippen molar-refractivity contribution in [1.82, 2.24) is 4.90 Å². The third-order valence-corrected chi connectivity index (χ3v) is 3.13. The lowest BCUT2D eigenvalue weighted by molar-refractivity contribution is 0.0708. The SMILES string of the molecule is N[C@@H]1CCCN(C(=O)c2cccc(C(F)F)c2)C1. The van der Waals surface area contributed by atoms with Gasteiger partial charge in [0.05, 0.1) is 0 Å². The fourth-order valence-corrected chi connectivity index (χ4v) is 2.18. The van der Waals surface area contributed by atoms with Crippen molar-refractivity contribution in [1.29, 1.82) is 0 Å². The van der Waals surface area contributed by atoms with Crippen LogP contribution < -0.4 is 5.73 Å². The molecule has 1 aromatic carbocycles. The van der Waals surface area contributed by atoms with Crippen LogP contribution in [0.2, 0.25) is 0 Å². The molecule has 0 unspecified atom stereocenters. The van der Waals surface area contributed by atoms with Crippen LogP contribution in [0.1, 0.15) is 35.2 Å². The Hall–Kier alpha value is -1.49. The maximum absolute atomic E-state index is 12.6. The van der Waals surface area contributed by atoms with Crippen LogP contribution in [-0.4, -0.2) is 29.9 Å². The minimum atomic E-state index is -2.55. The molecule has 0 aromatic heterocycles. The number of hydrogen-bond donors (Lipinski definition) is 1. The van der Waals surface area contributed by atoms with Crippen LogP contribution >= 0.6 is 0 Å². The van der Waals surface area contributed by atoms with Crippen molar-refractivity contribution in [2.75, 3.05) is 13.1 Å². The summed E-state index contributed by atoms with van der Waals surface area (Å²) in [7, 11) is 0. The van der Waals surface area contributed by atoms with Crippen LogP contribution in [-0.2, 0) is 0 Å². The molecule has 1 aliphatic heterocycles. The summed E-state index contributed by atoms with van der Waals surface area (Å²) in [5.74, 6) is -0.215. The number of carbonyl (C=O) groups is 1. The van der Waals surface area contributed by atoms with Crippen molar-refractivity contribution in [3.63, 3.8) is 0 Å². The van der Waals surface area contributed by atoms with Crippen LogP contribution in [0.25, 0.3) is 0 Å². The lowest BCUT2D eigenvalue weighted by Gasteiger charge is -2.30. The minimum Gasteiger partial charge on any atom is -0.337 e. The number of likely N-dealkylation sites (tertiary alicyclic amines) is 1. The maximum atomic E-state index is 12.6. The Bertz CT molecular complexity index is 437. The van der Waals surface area contributed by atoms with E-state index in [0.29, 0.717) is 18.7 Å². The quantitative estimate of drug-likeness (QED) is 0.879. The summed E-state index contributed by atoms with van der Waals surface area (Å²) in [5.41, 5.74) is 5.99. The summed E-state index contributed by atoms with van der Waals surface area (Å²) in [5, 5.41) is 0. The molecule has 0 saturated carbocycles. The number of benzene rings is 1. The highest BCUT2D eigenvalue weighted by atomic mass is 19.3. The van der Waals surface area contributed by atoms with E-state index in [1.807, 2.05) is 0 Å². The van der Waals surface area contributed by atoms with Gasteiger partial charge in [0.1, 0.15) is 0 Å². The number of halogens is 2. The first kappa shape index (κ1) is 13.0. The molecule has 1 fully saturated rings. The van der Waals surface area contributed by atoms with Gasteiger partial charge in [-0.05, 0) is 25.0 Å². The van der Waals surface area contributed by atoms with E-state index in [4.69, 9.17) is 5.73 Å². The van der Waals surface area contributed by atoms with Crippen molar-refractivity contribution in [2.45, 2.75) is 25.3 Å². The van der Waals surface area contributed by atoms with Crippen LogP contribution in [0.3, 0.4) is 0 Å². The van der Waals surface area contributed by atoms with Crippen molar-refractivity contribution < 1.29 is 13.6 Å². The lowest BCUT2D eigenvalue weighted by Crippen LogP contribution is -2.45. The van der Waals surface area contributed by atoms with E-state index in [2.05, 4.69) is 0 Å². The molecular weight excluding hydrogens is 238 g/mol. The smallest absolute Gasteiger partial charge is 0.263 e. The van der Waals surface area contributed by atoms with Crippen molar-refractivity contribution in [3.8, 4) is 0 Å². The molecule has 5 heteroatoms.